The molecule has 1 N–H and O–H groups in total. The van der Waals surface area contributed by atoms with Crippen LogP contribution in [0.5, 0.6) is 0 Å². The van der Waals surface area contributed by atoms with E-state index in [0.717, 1.165) is 30.7 Å². The summed E-state index contributed by atoms with van der Waals surface area (Å²) >= 11 is 0. The summed E-state index contributed by atoms with van der Waals surface area (Å²) in [6.45, 7) is 5.70. The van der Waals surface area contributed by atoms with Gasteiger partial charge in [-0.3, -0.25) is 9.36 Å². The quantitative estimate of drug-likeness (QED) is 0.716. The van der Waals surface area contributed by atoms with Crippen LogP contribution in [0.15, 0.2) is 59.4 Å². The average molecular weight is 335 g/mol. The van der Waals surface area contributed by atoms with E-state index in [2.05, 4.69) is 43.4 Å². The van der Waals surface area contributed by atoms with Gasteiger partial charge in [0.25, 0.3) is 5.56 Å². The topological polar surface area (TPSA) is 46.9 Å². The molecule has 0 aliphatic rings. The van der Waals surface area contributed by atoms with Crippen molar-refractivity contribution < 1.29 is 0 Å². The van der Waals surface area contributed by atoms with Crippen LogP contribution in [0.3, 0.4) is 0 Å². The summed E-state index contributed by atoms with van der Waals surface area (Å²) in [6.07, 6.45) is 1.86. The van der Waals surface area contributed by atoms with Crippen LogP contribution in [0.2, 0.25) is 0 Å². The fourth-order valence-electron chi connectivity index (χ4n) is 3.12. The molecule has 2 aromatic carbocycles. The van der Waals surface area contributed by atoms with Gasteiger partial charge in [0.2, 0.25) is 0 Å². The Morgan fingerprint density at radius 3 is 2.56 bits per heavy atom. The monoisotopic (exact) mass is 335 g/mol. The Balaban J connectivity index is 1.83. The van der Waals surface area contributed by atoms with Crippen molar-refractivity contribution in [1.29, 1.82) is 0 Å². The molecule has 1 aromatic heterocycles. The van der Waals surface area contributed by atoms with Gasteiger partial charge in [-0.2, -0.15) is 0 Å². The average Bonchev–Trinajstić information content (AvgIpc) is 2.65. The van der Waals surface area contributed by atoms with Gasteiger partial charge in [-0.05, 0) is 44.0 Å². The number of nitrogens with one attached hydrogen (secondary N) is 1. The standard InChI is InChI=1S/C21H25N3O/c1-3-15-24-20(23-19-12-8-7-11-18(19)21(24)25)16(2)22-14-13-17-9-5-4-6-10-17/h4-12,16,22H,3,13-15H2,1-2H3/t16-/m1/s1. The van der Waals surface area contributed by atoms with Crippen molar-refractivity contribution >= 4 is 10.9 Å². The highest BCUT2D eigenvalue weighted by molar-refractivity contribution is 5.77. The van der Waals surface area contributed by atoms with Gasteiger partial charge < -0.3 is 5.32 Å². The van der Waals surface area contributed by atoms with Crippen molar-refractivity contribution in [3.63, 3.8) is 0 Å². The Kier molecular flexibility index (Phi) is 5.61. The Labute approximate surface area is 148 Å². The molecule has 0 unspecified atom stereocenters. The molecule has 3 rings (SSSR count). The van der Waals surface area contributed by atoms with E-state index in [9.17, 15) is 4.79 Å². The molecule has 1 heterocycles. The molecule has 25 heavy (non-hydrogen) atoms. The molecule has 4 nitrogen and oxygen atoms in total. The van der Waals surface area contributed by atoms with E-state index < -0.39 is 0 Å². The van der Waals surface area contributed by atoms with Crippen molar-refractivity contribution in [1.82, 2.24) is 14.9 Å². The first kappa shape index (κ1) is 17.4. The van der Waals surface area contributed by atoms with Crippen LogP contribution in [0.25, 0.3) is 10.9 Å². The van der Waals surface area contributed by atoms with E-state index in [-0.39, 0.29) is 11.6 Å². The zero-order valence-electron chi connectivity index (χ0n) is 14.9. The van der Waals surface area contributed by atoms with E-state index in [1.54, 1.807) is 0 Å². The number of hydrogen-bond donors (Lipinski definition) is 1. The molecule has 4 heteroatoms. The molecule has 0 radical (unpaired) electrons. The molecule has 0 bridgehead atoms. The normalized spacial score (nSPS) is 12.4. The lowest BCUT2D eigenvalue weighted by Crippen LogP contribution is -2.31. The lowest BCUT2D eigenvalue weighted by atomic mass is 10.1. The highest BCUT2D eigenvalue weighted by atomic mass is 16.1. The predicted molar refractivity (Wildman–Crippen MR) is 103 cm³/mol. The Hall–Kier alpha value is -2.46. The Morgan fingerprint density at radius 2 is 1.80 bits per heavy atom. The van der Waals surface area contributed by atoms with Crippen LogP contribution in [0.1, 0.15) is 37.7 Å². The summed E-state index contributed by atoms with van der Waals surface area (Å²) in [4.78, 5) is 17.6. The van der Waals surface area contributed by atoms with E-state index in [1.807, 2.05) is 34.9 Å². The molecule has 130 valence electrons. The fourth-order valence-corrected chi connectivity index (χ4v) is 3.12. The van der Waals surface area contributed by atoms with Crippen LogP contribution in [0, 0.1) is 0 Å². The Bertz CT molecular complexity index is 887. The number of fused-ring (bicyclic) bond motifs is 1. The SMILES string of the molecule is CCCn1c([C@@H](C)NCCc2ccccc2)nc2ccccc2c1=O. The third-order valence-corrected chi connectivity index (χ3v) is 4.43. The van der Waals surface area contributed by atoms with Crippen LogP contribution in [-0.4, -0.2) is 16.1 Å². The third-order valence-electron chi connectivity index (χ3n) is 4.43. The molecule has 3 aromatic rings. The minimum absolute atomic E-state index is 0.0209. The Morgan fingerprint density at radius 1 is 1.08 bits per heavy atom. The fraction of sp³-hybridized carbons (Fsp3) is 0.333. The lowest BCUT2D eigenvalue weighted by Gasteiger charge is -2.19. The van der Waals surface area contributed by atoms with Gasteiger partial charge in [0, 0.05) is 6.54 Å². The number of rotatable bonds is 7. The largest absolute Gasteiger partial charge is 0.307 e. The molecular formula is C21H25N3O. The first-order valence-corrected chi connectivity index (χ1v) is 8.97. The van der Waals surface area contributed by atoms with Crippen molar-refractivity contribution in [2.75, 3.05) is 6.54 Å². The molecule has 0 spiro atoms. The van der Waals surface area contributed by atoms with Gasteiger partial charge in [-0.15, -0.1) is 0 Å². The van der Waals surface area contributed by atoms with Gasteiger partial charge in [-0.25, -0.2) is 4.98 Å². The van der Waals surface area contributed by atoms with E-state index in [4.69, 9.17) is 4.98 Å². The van der Waals surface area contributed by atoms with Crippen molar-refractivity contribution in [3.8, 4) is 0 Å². The van der Waals surface area contributed by atoms with E-state index in [0.29, 0.717) is 11.9 Å². The summed E-state index contributed by atoms with van der Waals surface area (Å²) in [5.74, 6) is 0.818. The maximum absolute atomic E-state index is 12.8. The lowest BCUT2D eigenvalue weighted by molar-refractivity contribution is 0.496. The van der Waals surface area contributed by atoms with Gasteiger partial charge in [0.05, 0.1) is 16.9 Å². The molecule has 0 aliphatic heterocycles. The molecule has 0 amide bonds. The molecular weight excluding hydrogens is 310 g/mol. The first-order valence-electron chi connectivity index (χ1n) is 8.97. The maximum Gasteiger partial charge on any atom is 0.261 e. The van der Waals surface area contributed by atoms with Crippen LogP contribution in [0.4, 0.5) is 0 Å². The van der Waals surface area contributed by atoms with Crippen LogP contribution < -0.4 is 10.9 Å². The number of benzene rings is 2. The highest BCUT2D eigenvalue weighted by Gasteiger charge is 2.15. The summed E-state index contributed by atoms with van der Waals surface area (Å²) in [6, 6.07) is 18.0. The molecule has 0 saturated heterocycles. The van der Waals surface area contributed by atoms with Crippen molar-refractivity contribution in [3.05, 3.63) is 76.3 Å². The minimum atomic E-state index is 0.0209. The minimum Gasteiger partial charge on any atom is -0.307 e. The zero-order chi connectivity index (χ0) is 17.6. The van der Waals surface area contributed by atoms with Crippen LogP contribution >= 0.6 is 0 Å². The second-order valence-corrected chi connectivity index (χ2v) is 6.36. The van der Waals surface area contributed by atoms with Gasteiger partial charge >= 0.3 is 0 Å². The summed E-state index contributed by atoms with van der Waals surface area (Å²) < 4.78 is 1.82. The number of aromatic nitrogens is 2. The second-order valence-electron chi connectivity index (χ2n) is 6.36. The number of para-hydroxylation sites is 1. The maximum atomic E-state index is 12.8. The zero-order valence-corrected chi connectivity index (χ0v) is 14.9. The van der Waals surface area contributed by atoms with Crippen LogP contribution in [-0.2, 0) is 13.0 Å². The second kappa shape index (κ2) is 8.08. The van der Waals surface area contributed by atoms with E-state index in [1.165, 1.54) is 5.56 Å². The third kappa shape index (κ3) is 3.97. The number of nitrogens with zero attached hydrogens (tertiary/aromatic N) is 2. The van der Waals surface area contributed by atoms with Gasteiger partial charge in [0.1, 0.15) is 5.82 Å². The molecule has 1 atom stereocenters. The molecule has 0 saturated carbocycles. The number of hydrogen-bond acceptors (Lipinski definition) is 3. The first-order chi connectivity index (χ1) is 12.2. The smallest absolute Gasteiger partial charge is 0.261 e. The van der Waals surface area contributed by atoms with Crippen molar-refractivity contribution in [2.45, 2.75) is 39.3 Å². The summed E-state index contributed by atoms with van der Waals surface area (Å²) in [7, 11) is 0. The van der Waals surface area contributed by atoms with Gasteiger partial charge in [0.15, 0.2) is 0 Å². The van der Waals surface area contributed by atoms with Gasteiger partial charge in [-0.1, -0.05) is 49.4 Å². The van der Waals surface area contributed by atoms with Crippen molar-refractivity contribution in [2.24, 2.45) is 0 Å². The molecule has 0 fully saturated rings. The predicted octanol–water partition coefficient (Wildman–Crippen LogP) is 3.70. The highest BCUT2D eigenvalue weighted by Crippen LogP contribution is 2.14. The summed E-state index contributed by atoms with van der Waals surface area (Å²) in [5.41, 5.74) is 2.13. The molecule has 0 aliphatic carbocycles. The summed E-state index contributed by atoms with van der Waals surface area (Å²) in [5, 5.41) is 4.21. The van der Waals surface area contributed by atoms with E-state index >= 15 is 0 Å².